The fraction of sp³-hybridized carbons (Fsp3) is 0.308. The molecule has 1 N–H and O–H groups in total. The van der Waals surface area contributed by atoms with Crippen molar-refractivity contribution in [3.63, 3.8) is 0 Å². The summed E-state index contributed by atoms with van der Waals surface area (Å²) < 4.78 is 65.2. The first-order valence-corrected chi connectivity index (χ1v) is 6.01. The van der Waals surface area contributed by atoms with Crippen LogP contribution >= 0.6 is 0 Å². The Kier molecular flexibility index (Phi) is 4.26. The number of alkyl halides is 5. The molecule has 0 bridgehead atoms. The van der Waals surface area contributed by atoms with Crippen LogP contribution in [0.3, 0.4) is 0 Å². The molecule has 1 heterocycles. The predicted octanol–water partition coefficient (Wildman–Crippen LogP) is 3.55. The fourth-order valence-electron chi connectivity index (χ4n) is 1.97. The zero-order valence-electron chi connectivity index (χ0n) is 11.0. The van der Waals surface area contributed by atoms with Gasteiger partial charge in [0.2, 0.25) is 0 Å². The molecule has 0 saturated carbocycles. The van der Waals surface area contributed by atoms with Crippen LogP contribution < -0.4 is 5.32 Å². The maximum absolute atomic E-state index is 13.2. The summed E-state index contributed by atoms with van der Waals surface area (Å²) in [6.45, 7) is 0.151. The Labute approximate surface area is 117 Å². The van der Waals surface area contributed by atoms with Gasteiger partial charge in [-0.3, -0.25) is 0 Å². The maximum atomic E-state index is 13.2. The lowest BCUT2D eigenvalue weighted by atomic mass is 10.2. The predicted molar refractivity (Wildman–Crippen MR) is 66.3 cm³/mol. The number of hydrogen-bond donors (Lipinski definition) is 1. The lowest BCUT2D eigenvalue weighted by molar-refractivity contribution is -0.137. The number of hydrogen-bond acceptors (Lipinski definition) is 2. The molecule has 2 aromatic rings. The van der Waals surface area contributed by atoms with Crippen LogP contribution in [0.2, 0.25) is 0 Å². The Morgan fingerprint density at radius 3 is 2.57 bits per heavy atom. The Morgan fingerprint density at radius 1 is 1.29 bits per heavy atom. The number of benzene rings is 1. The molecule has 0 aliphatic rings. The van der Waals surface area contributed by atoms with Gasteiger partial charge in [0.05, 0.1) is 17.4 Å². The topological polar surface area (TPSA) is 29.9 Å². The Bertz CT molecular complexity index is 619. The lowest BCUT2D eigenvalue weighted by Crippen LogP contribution is -2.11. The van der Waals surface area contributed by atoms with E-state index in [0.717, 1.165) is 22.9 Å². The zero-order chi connectivity index (χ0) is 15.6. The first-order chi connectivity index (χ1) is 9.84. The molecule has 0 spiro atoms. The van der Waals surface area contributed by atoms with Gasteiger partial charge in [-0.1, -0.05) is 6.07 Å². The minimum atomic E-state index is -4.54. The number of nitrogens with one attached hydrogen (secondary N) is 1. The molecule has 21 heavy (non-hydrogen) atoms. The molecule has 0 radical (unpaired) electrons. The molecule has 0 atom stereocenters. The maximum Gasteiger partial charge on any atom is 0.416 e. The third-order valence-electron chi connectivity index (χ3n) is 2.88. The molecule has 8 heteroatoms. The van der Waals surface area contributed by atoms with Crippen LogP contribution in [0, 0.1) is 0 Å². The first-order valence-electron chi connectivity index (χ1n) is 6.01. The van der Waals surface area contributed by atoms with Crippen molar-refractivity contribution in [3.8, 4) is 5.69 Å². The van der Waals surface area contributed by atoms with Gasteiger partial charge in [-0.05, 0) is 25.2 Å². The second kappa shape index (κ2) is 5.80. The zero-order valence-corrected chi connectivity index (χ0v) is 11.0. The summed E-state index contributed by atoms with van der Waals surface area (Å²) in [6.07, 6.45) is -6.16. The lowest BCUT2D eigenvalue weighted by Gasteiger charge is -2.11. The highest BCUT2D eigenvalue weighted by Gasteiger charge is 2.31. The van der Waals surface area contributed by atoms with Crippen LogP contribution in [0.5, 0.6) is 0 Å². The van der Waals surface area contributed by atoms with Crippen molar-refractivity contribution in [1.82, 2.24) is 15.1 Å². The monoisotopic (exact) mass is 305 g/mol. The van der Waals surface area contributed by atoms with E-state index in [1.807, 2.05) is 0 Å². The summed E-state index contributed by atoms with van der Waals surface area (Å²) in [5, 5.41) is 6.49. The van der Waals surface area contributed by atoms with Gasteiger partial charge < -0.3 is 5.32 Å². The van der Waals surface area contributed by atoms with E-state index in [9.17, 15) is 22.0 Å². The summed E-state index contributed by atoms with van der Waals surface area (Å²) in [7, 11) is 1.58. The molecule has 0 aliphatic carbocycles. The van der Waals surface area contributed by atoms with Crippen molar-refractivity contribution >= 4 is 0 Å². The van der Waals surface area contributed by atoms with Crippen LogP contribution in [0.15, 0.2) is 30.5 Å². The Hall–Kier alpha value is -1.96. The smallest absolute Gasteiger partial charge is 0.316 e. The van der Waals surface area contributed by atoms with Crippen molar-refractivity contribution in [1.29, 1.82) is 0 Å². The van der Waals surface area contributed by atoms with E-state index in [1.165, 1.54) is 12.3 Å². The minimum Gasteiger partial charge on any atom is -0.316 e. The summed E-state index contributed by atoms with van der Waals surface area (Å²) in [6, 6.07) is 4.13. The van der Waals surface area contributed by atoms with E-state index >= 15 is 0 Å². The van der Waals surface area contributed by atoms with Gasteiger partial charge >= 0.3 is 6.18 Å². The standard InChI is InChI=1S/C13H12F5N3/c1-19-6-8-7-20-21(11(8)12(14)15)10-4-2-3-9(5-10)13(16,17)18/h2-5,7,12,19H,6H2,1H3. The van der Waals surface area contributed by atoms with Crippen molar-refractivity contribution in [2.75, 3.05) is 7.05 Å². The van der Waals surface area contributed by atoms with Crippen LogP contribution in [-0.2, 0) is 12.7 Å². The third-order valence-corrected chi connectivity index (χ3v) is 2.88. The first kappa shape index (κ1) is 15.4. The number of nitrogens with zero attached hydrogens (tertiary/aromatic N) is 2. The highest BCUT2D eigenvalue weighted by Crippen LogP contribution is 2.32. The molecule has 0 amide bonds. The molecule has 0 unspecified atom stereocenters. The van der Waals surface area contributed by atoms with E-state index in [2.05, 4.69) is 10.4 Å². The average molecular weight is 305 g/mol. The molecule has 1 aromatic heterocycles. The van der Waals surface area contributed by atoms with E-state index in [1.54, 1.807) is 7.05 Å². The molecule has 0 saturated heterocycles. The van der Waals surface area contributed by atoms with Crippen LogP contribution in [-0.4, -0.2) is 16.8 Å². The van der Waals surface area contributed by atoms with E-state index in [4.69, 9.17) is 0 Å². The Morgan fingerprint density at radius 2 is 2.00 bits per heavy atom. The van der Waals surface area contributed by atoms with Gasteiger partial charge in [-0.15, -0.1) is 0 Å². The summed E-state index contributed by atoms with van der Waals surface area (Å²) in [4.78, 5) is 0. The van der Waals surface area contributed by atoms with Gasteiger partial charge in [-0.25, -0.2) is 13.5 Å². The largest absolute Gasteiger partial charge is 0.416 e. The van der Waals surface area contributed by atoms with E-state index < -0.39 is 23.9 Å². The van der Waals surface area contributed by atoms with Gasteiger partial charge in [0.15, 0.2) is 0 Å². The van der Waals surface area contributed by atoms with Crippen LogP contribution in [0.4, 0.5) is 22.0 Å². The van der Waals surface area contributed by atoms with Crippen molar-refractivity contribution in [2.24, 2.45) is 0 Å². The Balaban J connectivity index is 2.52. The quantitative estimate of drug-likeness (QED) is 0.876. The number of halogens is 5. The normalized spacial score (nSPS) is 12.1. The van der Waals surface area contributed by atoms with Gasteiger partial charge in [0.1, 0.15) is 5.69 Å². The van der Waals surface area contributed by atoms with Gasteiger partial charge in [-0.2, -0.15) is 18.3 Å². The molecule has 3 nitrogen and oxygen atoms in total. The van der Waals surface area contributed by atoms with Crippen molar-refractivity contribution < 1.29 is 22.0 Å². The van der Waals surface area contributed by atoms with Crippen molar-refractivity contribution in [2.45, 2.75) is 19.1 Å². The minimum absolute atomic E-state index is 0.0533. The third kappa shape index (κ3) is 3.21. The van der Waals surface area contributed by atoms with Gasteiger partial charge in [0, 0.05) is 12.1 Å². The second-order valence-electron chi connectivity index (χ2n) is 4.35. The average Bonchev–Trinajstić information content (AvgIpc) is 2.82. The molecular formula is C13H12F5N3. The van der Waals surface area contributed by atoms with E-state index in [-0.39, 0.29) is 17.8 Å². The molecule has 114 valence electrons. The van der Waals surface area contributed by atoms with Crippen LogP contribution in [0.25, 0.3) is 5.69 Å². The number of rotatable bonds is 4. The molecule has 1 aromatic carbocycles. The summed E-state index contributed by atoms with van der Waals surface area (Å²) in [5.74, 6) is 0. The van der Waals surface area contributed by atoms with Crippen LogP contribution in [0.1, 0.15) is 23.2 Å². The SMILES string of the molecule is CNCc1cnn(-c2cccc(C(F)(F)F)c2)c1C(F)F. The summed E-state index contributed by atoms with van der Waals surface area (Å²) >= 11 is 0. The highest BCUT2D eigenvalue weighted by molar-refractivity contribution is 5.39. The van der Waals surface area contributed by atoms with Gasteiger partial charge in [0.25, 0.3) is 6.43 Å². The van der Waals surface area contributed by atoms with E-state index in [0.29, 0.717) is 0 Å². The molecule has 0 aliphatic heterocycles. The molecule has 2 rings (SSSR count). The fourth-order valence-corrected chi connectivity index (χ4v) is 1.97. The summed E-state index contributed by atoms with van der Waals surface area (Å²) in [5.41, 5.74) is -1.14. The second-order valence-corrected chi connectivity index (χ2v) is 4.35. The van der Waals surface area contributed by atoms with Crippen molar-refractivity contribution in [3.05, 3.63) is 47.3 Å². The number of aromatic nitrogens is 2. The highest BCUT2D eigenvalue weighted by atomic mass is 19.4. The molecular weight excluding hydrogens is 293 g/mol. The molecule has 0 fully saturated rings.